The van der Waals surface area contributed by atoms with Crippen LogP contribution in [0.5, 0.6) is 0 Å². The average molecular weight is 352 g/mol. The minimum Gasteiger partial charge on any atom is -0.366 e. The zero-order valence-electron chi connectivity index (χ0n) is 14.5. The Morgan fingerprint density at radius 1 is 1.08 bits per heavy atom. The number of carbonyl (C=O) groups excluding carboxylic acids is 2. The summed E-state index contributed by atoms with van der Waals surface area (Å²) >= 11 is 6.09. The summed E-state index contributed by atoms with van der Waals surface area (Å²) in [6, 6.07) is 5.56. The third-order valence-electron chi connectivity index (χ3n) is 4.15. The monoisotopic (exact) mass is 351 g/mol. The van der Waals surface area contributed by atoms with E-state index in [0.29, 0.717) is 31.0 Å². The molecule has 2 amide bonds. The Morgan fingerprint density at radius 2 is 1.75 bits per heavy atom. The molecule has 0 spiro atoms. The fraction of sp³-hybridized carbons (Fsp3) is 0.556. The van der Waals surface area contributed by atoms with Crippen molar-refractivity contribution >= 4 is 34.8 Å². The molecule has 0 bridgehead atoms. The molecule has 0 atom stereocenters. The average Bonchev–Trinajstić information content (AvgIpc) is 2.56. The van der Waals surface area contributed by atoms with Gasteiger partial charge in [0.25, 0.3) is 0 Å². The molecular weight excluding hydrogens is 326 g/mol. The number of rotatable bonds is 6. The third-order valence-corrected chi connectivity index (χ3v) is 4.38. The minimum absolute atomic E-state index is 0.00206. The molecule has 24 heavy (non-hydrogen) atoms. The Bertz CT molecular complexity index is 584. The molecule has 1 N–H and O–H groups in total. The molecule has 1 fully saturated rings. The van der Waals surface area contributed by atoms with Gasteiger partial charge in [-0.25, -0.2) is 0 Å². The lowest BCUT2D eigenvalue weighted by molar-refractivity contribution is -0.131. The van der Waals surface area contributed by atoms with Crippen LogP contribution in [0.3, 0.4) is 0 Å². The van der Waals surface area contributed by atoms with Gasteiger partial charge < -0.3 is 15.1 Å². The molecule has 1 heterocycles. The summed E-state index contributed by atoms with van der Waals surface area (Å²) in [7, 11) is 0. The number of halogens is 1. The van der Waals surface area contributed by atoms with E-state index in [0.717, 1.165) is 37.3 Å². The van der Waals surface area contributed by atoms with E-state index in [-0.39, 0.29) is 11.8 Å². The van der Waals surface area contributed by atoms with Crippen molar-refractivity contribution in [1.29, 1.82) is 0 Å². The molecule has 1 saturated heterocycles. The molecule has 132 valence electrons. The zero-order chi connectivity index (χ0) is 17.5. The lowest BCUT2D eigenvalue weighted by atomic mass is 10.2. The van der Waals surface area contributed by atoms with Crippen molar-refractivity contribution in [1.82, 2.24) is 4.90 Å². The van der Waals surface area contributed by atoms with Gasteiger partial charge in [0.2, 0.25) is 11.8 Å². The predicted molar refractivity (Wildman–Crippen MR) is 98.7 cm³/mol. The van der Waals surface area contributed by atoms with Gasteiger partial charge in [-0.15, -0.1) is 0 Å². The van der Waals surface area contributed by atoms with Crippen molar-refractivity contribution in [2.24, 2.45) is 0 Å². The molecule has 1 aromatic rings. The first-order valence-electron chi connectivity index (χ1n) is 8.67. The fourth-order valence-electron chi connectivity index (χ4n) is 2.89. The summed E-state index contributed by atoms with van der Waals surface area (Å²) in [4.78, 5) is 28.1. The summed E-state index contributed by atoms with van der Waals surface area (Å²) in [5.41, 5.74) is 1.71. The standard InChI is InChI=1S/C18H26ClN3O2/c1-3-5-17(23)20-15-13-14(19)7-8-16(15)21-9-11-22(12-10-21)18(24)6-4-2/h7-8,13H,3-6,9-12H2,1-2H3,(H,20,23). The number of hydrogen-bond donors (Lipinski definition) is 1. The van der Waals surface area contributed by atoms with Crippen LogP contribution >= 0.6 is 11.6 Å². The van der Waals surface area contributed by atoms with Crippen LogP contribution in [0.2, 0.25) is 5.02 Å². The van der Waals surface area contributed by atoms with E-state index in [1.54, 1.807) is 6.07 Å². The minimum atomic E-state index is -0.00206. The van der Waals surface area contributed by atoms with Crippen LogP contribution in [0.4, 0.5) is 11.4 Å². The van der Waals surface area contributed by atoms with Crippen molar-refractivity contribution in [2.75, 3.05) is 36.4 Å². The Labute approximate surface area is 149 Å². The Balaban J connectivity index is 2.07. The molecule has 1 aliphatic heterocycles. The van der Waals surface area contributed by atoms with Gasteiger partial charge in [0, 0.05) is 44.0 Å². The second-order valence-electron chi connectivity index (χ2n) is 6.08. The van der Waals surface area contributed by atoms with Gasteiger partial charge >= 0.3 is 0 Å². The molecule has 1 aromatic carbocycles. The van der Waals surface area contributed by atoms with Crippen LogP contribution < -0.4 is 10.2 Å². The van der Waals surface area contributed by atoms with E-state index < -0.39 is 0 Å². The normalized spacial score (nSPS) is 14.6. The number of nitrogens with one attached hydrogen (secondary N) is 1. The van der Waals surface area contributed by atoms with Crippen molar-refractivity contribution < 1.29 is 9.59 Å². The maximum Gasteiger partial charge on any atom is 0.224 e. The highest BCUT2D eigenvalue weighted by Crippen LogP contribution is 2.30. The van der Waals surface area contributed by atoms with Crippen molar-refractivity contribution in [2.45, 2.75) is 39.5 Å². The molecule has 0 aromatic heterocycles. The highest BCUT2D eigenvalue weighted by Gasteiger charge is 2.22. The van der Waals surface area contributed by atoms with Crippen molar-refractivity contribution in [3.8, 4) is 0 Å². The first-order valence-corrected chi connectivity index (χ1v) is 9.05. The maximum atomic E-state index is 12.0. The largest absolute Gasteiger partial charge is 0.366 e. The van der Waals surface area contributed by atoms with Gasteiger partial charge in [0.1, 0.15) is 0 Å². The van der Waals surface area contributed by atoms with E-state index in [1.165, 1.54) is 0 Å². The van der Waals surface area contributed by atoms with Gasteiger partial charge in [0.05, 0.1) is 11.4 Å². The maximum absolute atomic E-state index is 12.0. The number of hydrogen-bond acceptors (Lipinski definition) is 3. The molecule has 0 radical (unpaired) electrons. The number of nitrogens with zero attached hydrogens (tertiary/aromatic N) is 2. The van der Waals surface area contributed by atoms with Crippen molar-refractivity contribution in [3.63, 3.8) is 0 Å². The molecule has 0 aliphatic carbocycles. The summed E-state index contributed by atoms with van der Waals surface area (Å²) in [6.45, 7) is 6.94. The van der Waals surface area contributed by atoms with Crippen LogP contribution in [0.1, 0.15) is 39.5 Å². The number of benzene rings is 1. The van der Waals surface area contributed by atoms with E-state index >= 15 is 0 Å². The number of amides is 2. The third kappa shape index (κ3) is 4.87. The second-order valence-corrected chi connectivity index (χ2v) is 6.51. The number of anilines is 2. The molecule has 6 heteroatoms. The Kier molecular flexibility index (Phi) is 6.91. The lowest BCUT2D eigenvalue weighted by Crippen LogP contribution is -2.48. The summed E-state index contributed by atoms with van der Waals surface area (Å²) in [5.74, 6) is 0.225. The van der Waals surface area contributed by atoms with Gasteiger partial charge in [-0.2, -0.15) is 0 Å². The van der Waals surface area contributed by atoms with Crippen LogP contribution in [-0.4, -0.2) is 42.9 Å². The molecule has 0 unspecified atom stereocenters. The molecule has 5 nitrogen and oxygen atoms in total. The van der Waals surface area contributed by atoms with E-state index in [2.05, 4.69) is 10.2 Å². The highest BCUT2D eigenvalue weighted by molar-refractivity contribution is 6.31. The molecule has 0 saturated carbocycles. The Hall–Kier alpha value is -1.75. The van der Waals surface area contributed by atoms with Crippen LogP contribution in [-0.2, 0) is 9.59 Å². The molecule has 1 aliphatic rings. The lowest BCUT2D eigenvalue weighted by Gasteiger charge is -2.37. The number of carbonyl (C=O) groups is 2. The summed E-state index contributed by atoms with van der Waals surface area (Å²) in [6.07, 6.45) is 2.79. The van der Waals surface area contributed by atoms with Gasteiger partial charge in [0.15, 0.2) is 0 Å². The van der Waals surface area contributed by atoms with Crippen molar-refractivity contribution in [3.05, 3.63) is 23.2 Å². The SMILES string of the molecule is CCCC(=O)Nc1cc(Cl)ccc1N1CCN(C(=O)CCC)CC1. The van der Waals surface area contributed by atoms with E-state index in [1.807, 2.05) is 30.9 Å². The summed E-state index contributed by atoms with van der Waals surface area (Å²) < 4.78 is 0. The second kappa shape index (κ2) is 8.92. The Morgan fingerprint density at radius 3 is 2.38 bits per heavy atom. The van der Waals surface area contributed by atoms with Gasteiger partial charge in [-0.1, -0.05) is 25.4 Å². The highest BCUT2D eigenvalue weighted by atomic mass is 35.5. The van der Waals surface area contributed by atoms with Crippen LogP contribution in [0.15, 0.2) is 18.2 Å². The van der Waals surface area contributed by atoms with E-state index in [9.17, 15) is 9.59 Å². The fourth-order valence-corrected chi connectivity index (χ4v) is 3.06. The quantitative estimate of drug-likeness (QED) is 0.853. The first kappa shape index (κ1) is 18.6. The summed E-state index contributed by atoms with van der Waals surface area (Å²) in [5, 5.41) is 3.56. The number of piperazine rings is 1. The smallest absolute Gasteiger partial charge is 0.224 e. The molecular formula is C18H26ClN3O2. The molecule has 2 rings (SSSR count). The predicted octanol–water partition coefficient (Wildman–Crippen LogP) is 3.53. The van der Waals surface area contributed by atoms with E-state index in [4.69, 9.17) is 11.6 Å². The van der Waals surface area contributed by atoms with Gasteiger partial charge in [-0.3, -0.25) is 9.59 Å². The van der Waals surface area contributed by atoms with Gasteiger partial charge in [-0.05, 0) is 31.0 Å². The topological polar surface area (TPSA) is 52.7 Å². The van der Waals surface area contributed by atoms with Crippen LogP contribution in [0.25, 0.3) is 0 Å². The zero-order valence-corrected chi connectivity index (χ0v) is 15.2. The van der Waals surface area contributed by atoms with Crippen LogP contribution in [0, 0.1) is 0 Å². The first-order chi connectivity index (χ1) is 11.5.